The third-order valence-corrected chi connectivity index (χ3v) is 3.01. The third-order valence-electron chi connectivity index (χ3n) is 2.40. The molecule has 17 heavy (non-hydrogen) atoms. The van der Waals surface area contributed by atoms with Crippen LogP contribution >= 0.6 is 15.9 Å². The quantitative estimate of drug-likeness (QED) is 0.790. The first-order chi connectivity index (χ1) is 8.00. The number of anilines is 1. The maximum absolute atomic E-state index is 13.2. The van der Waals surface area contributed by atoms with Crippen molar-refractivity contribution in [1.29, 1.82) is 0 Å². The maximum atomic E-state index is 13.2. The van der Waals surface area contributed by atoms with Crippen molar-refractivity contribution >= 4 is 27.6 Å². The summed E-state index contributed by atoms with van der Waals surface area (Å²) >= 11 is 3.13. The predicted octanol–water partition coefficient (Wildman–Crippen LogP) is 3.56. The van der Waals surface area contributed by atoms with Gasteiger partial charge in [0.15, 0.2) is 0 Å². The van der Waals surface area contributed by atoms with Gasteiger partial charge in [-0.1, -0.05) is 0 Å². The fraction of sp³-hybridized carbons (Fsp3) is 0.417. The predicted molar refractivity (Wildman–Crippen MR) is 68.8 cm³/mol. The van der Waals surface area contributed by atoms with Crippen molar-refractivity contribution in [2.75, 3.05) is 11.9 Å². The molecular formula is C12H15BrFNO2. The summed E-state index contributed by atoms with van der Waals surface area (Å²) in [5, 5.41) is 11.6. The summed E-state index contributed by atoms with van der Waals surface area (Å²) in [5.74, 6) is -1.05. The normalized spacial score (nSPS) is 10.3. The van der Waals surface area contributed by atoms with Crippen LogP contribution in [0, 0.1) is 12.7 Å². The van der Waals surface area contributed by atoms with E-state index in [0.717, 1.165) is 17.7 Å². The van der Waals surface area contributed by atoms with Gasteiger partial charge in [-0.05, 0) is 53.4 Å². The highest BCUT2D eigenvalue weighted by Gasteiger charge is 2.04. The molecule has 1 rings (SSSR count). The van der Waals surface area contributed by atoms with Gasteiger partial charge in [-0.25, -0.2) is 4.39 Å². The van der Waals surface area contributed by atoms with Crippen molar-refractivity contribution < 1.29 is 14.3 Å². The van der Waals surface area contributed by atoms with Crippen LogP contribution in [0.3, 0.4) is 0 Å². The second-order valence-electron chi connectivity index (χ2n) is 3.86. The first kappa shape index (κ1) is 14.0. The molecular weight excluding hydrogens is 289 g/mol. The number of carboxylic acids is 1. The van der Waals surface area contributed by atoms with Gasteiger partial charge >= 0.3 is 5.97 Å². The van der Waals surface area contributed by atoms with E-state index in [0.29, 0.717) is 17.4 Å². The van der Waals surface area contributed by atoms with Crippen molar-refractivity contribution in [2.24, 2.45) is 0 Å². The largest absolute Gasteiger partial charge is 0.481 e. The number of carboxylic acid groups (broad SMARTS) is 1. The third kappa shape index (κ3) is 4.73. The molecule has 0 atom stereocenters. The zero-order chi connectivity index (χ0) is 12.8. The molecule has 5 heteroatoms. The molecule has 0 heterocycles. The van der Waals surface area contributed by atoms with Crippen molar-refractivity contribution in [1.82, 2.24) is 0 Å². The molecule has 0 spiro atoms. The molecule has 0 aliphatic carbocycles. The summed E-state index contributed by atoms with van der Waals surface area (Å²) in [5.41, 5.74) is 1.71. The Kier molecular flexibility index (Phi) is 5.41. The van der Waals surface area contributed by atoms with Crippen molar-refractivity contribution in [3.05, 3.63) is 28.0 Å². The summed E-state index contributed by atoms with van der Waals surface area (Å²) < 4.78 is 13.6. The van der Waals surface area contributed by atoms with Crippen LogP contribution in [0.2, 0.25) is 0 Å². The van der Waals surface area contributed by atoms with Crippen LogP contribution in [-0.4, -0.2) is 17.6 Å². The minimum Gasteiger partial charge on any atom is -0.481 e. The first-order valence-electron chi connectivity index (χ1n) is 5.42. The highest BCUT2D eigenvalue weighted by atomic mass is 79.9. The van der Waals surface area contributed by atoms with E-state index in [-0.39, 0.29) is 12.2 Å². The highest BCUT2D eigenvalue weighted by Crippen LogP contribution is 2.24. The van der Waals surface area contributed by atoms with Crippen LogP contribution in [-0.2, 0) is 4.79 Å². The average molecular weight is 304 g/mol. The van der Waals surface area contributed by atoms with E-state index in [4.69, 9.17) is 5.11 Å². The van der Waals surface area contributed by atoms with Gasteiger partial charge in [0.1, 0.15) is 5.82 Å². The van der Waals surface area contributed by atoms with E-state index in [1.54, 1.807) is 6.07 Å². The summed E-state index contributed by atoms with van der Waals surface area (Å²) in [6, 6.07) is 3.16. The fourth-order valence-electron chi connectivity index (χ4n) is 1.46. The van der Waals surface area contributed by atoms with E-state index in [1.165, 1.54) is 6.07 Å². The molecule has 0 saturated heterocycles. The van der Waals surface area contributed by atoms with Gasteiger partial charge in [-0.2, -0.15) is 0 Å². The van der Waals surface area contributed by atoms with Gasteiger partial charge in [0.25, 0.3) is 0 Å². The molecule has 0 bridgehead atoms. The van der Waals surface area contributed by atoms with E-state index >= 15 is 0 Å². The number of rotatable bonds is 6. The first-order valence-corrected chi connectivity index (χ1v) is 6.21. The van der Waals surface area contributed by atoms with E-state index < -0.39 is 5.97 Å². The maximum Gasteiger partial charge on any atom is 0.303 e. The highest BCUT2D eigenvalue weighted by molar-refractivity contribution is 9.10. The molecule has 3 nitrogen and oxygen atoms in total. The molecule has 0 aliphatic rings. The molecule has 0 aliphatic heterocycles. The summed E-state index contributed by atoms with van der Waals surface area (Å²) in [6.07, 6.45) is 1.61. The Bertz CT molecular complexity index is 410. The molecule has 94 valence electrons. The molecule has 0 unspecified atom stereocenters. The zero-order valence-electron chi connectivity index (χ0n) is 9.59. The number of hydrogen-bond acceptors (Lipinski definition) is 2. The molecule has 1 aromatic carbocycles. The number of aryl methyl sites for hydroxylation is 1. The van der Waals surface area contributed by atoms with Gasteiger partial charge in [-0.3, -0.25) is 4.79 Å². The molecule has 2 N–H and O–H groups in total. The minimum absolute atomic E-state index is 0.188. The summed E-state index contributed by atoms with van der Waals surface area (Å²) in [4.78, 5) is 10.3. The van der Waals surface area contributed by atoms with Crippen LogP contribution in [0.15, 0.2) is 16.6 Å². The average Bonchev–Trinajstić information content (AvgIpc) is 2.24. The summed E-state index contributed by atoms with van der Waals surface area (Å²) in [6.45, 7) is 2.52. The van der Waals surface area contributed by atoms with Gasteiger partial charge < -0.3 is 10.4 Å². The topological polar surface area (TPSA) is 49.3 Å². The number of carbonyl (C=O) groups is 1. The van der Waals surface area contributed by atoms with E-state index in [9.17, 15) is 9.18 Å². The van der Waals surface area contributed by atoms with Crippen molar-refractivity contribution in [3.8, 4) is 0 Å². The van der Waals surface area contributed by atoms with Gasteiger partial charge in [0, 0.05) is 18.7 Å². The Labute approximate surface area is 108 Å². The Morgan fingerprint density at radius 2 is 2.18 bits per heavy atom. The number of nitrogens with one attached hydrogen (secondary N) is 1. The van der Waals surface area contributed by atoms with E-state index in [1.807, 2.05) is 6.92 Å². The van der Waals surface area contributed by atoms with Crippen molar-refractivity contribution in [2.45, 2.75) is 26.2 Å². The molecule has 0 aromatic heterocycles. The van der Waals surface area contributed by atoms with Gasteiger partial charge in [-0.15, -0.1) is 0 Å². The Morgan fingerprint density at radius 1 is 1.47 bits per heavy atom. The van der Waals surface area contributed by atoms with Crippen LogP contribution in [0.5, 0.6) is 0 Å². The zero-order valence-corrected chi connectivity index (χ0v) is 11.2. The lowest BCUT2D eigenvalue weighted by Gasteiger charge is -2.10. The smallest absolute Gasteiger partial charge is 0.303 e. The Balaban J connectivity index is 2.41. The lowest BCUT2D eigenvalue weighted by Crippen LogP contribution is -2.04. The number of aliphatic carboxylic acids is 1. The van der Waals surface area contributed by atoms with Gasteiger partial charge in [0.05, 0.1) is 4.47 Å². The second kappa shape index (κ2) is 6.59. The monoisotopic (exact) mass is 303 g/mol. The number of unbranched alkanes of at least 4 members (excludes halogenated alkanes) is 1. The standard InChI is InChI=1S/C12H15BrFNO2/c1-8-6-10(14)9(13)7-11(8)15-5-3-2-4-12(16)17/h6-7,15H,2-5H2,1H3,(H,16,17). The molecule has 0 radical (unpaired) electrons. The number of halogens is 2. The van der Waals surface area contributed by atoms with E-state index in [2.05, 4.69) is 21.2 Å². The molecule has 1 aromatic rings. The SMILES string of the molecule is Cc1cc(F)c(Br)cc1NCCCCC(=O)O. The lowest BCUT2D eigenvalue weighted by atomic mass is 10.2. The second-order valence-corrected chi connectivity index (χ2v) is 4.71. The van der Waals surface area contributed by atoms with Gasteiger partial charge in [0.2, 0.25) is 0 Å². The minimum atomic E-state index is -0.772. The molecule has 0 saturated carbocycles. The number of benzene rings is 1. The Hall–Kier alpha value is -1.10. The molecule has 0 fully saturated rings. The summed E-state index contributed by atoms with van der Waals surface area (Å²) in [7, 11) is 0. The van der Waals surface area contributed by atoms with Crippen LogP contribution in [0.4, 0.5) is 10.1 Å². The Morgan fingerprint density at radius 3 is 2.82 bits per heavy atom. The lowest BCUT2D eigenvalue weighted by molar-refractivity contribution is -0.137. The number of hydrogen-bond donors (Lipinski definition) is 2. The van der Waals surface area contributed by atoms with Crippen LogP contribution in [0.25, 0.3) is 0 Å². The molecule has 0 amide bonds. The van der Waals surface area contributed by atoms with Crippen LogP contribution < -0.4 is 5.32 Å². The fourth-order valence-corrected chi connectivity index (χ4v) is 1.80. The van der Waals surface area contributed by atoms with Crippen molar-refractivity contribution in [3.63, 3.8) is 0 Å². The van der Waals surface area contributed by atoms with Crippen LogP contribution in [0.1, 0.15) is 24.8 Å².